The van der Waals surface area contributed by atoms with Crippen molar-refractivity contribution in [1.29, 1.82) is 0 Å². The Morgan fingerprint density at radius 2 is 2.12 bits per heavy atom. The highest BCUT2D eigenvalue weighted by atomic mass is 79.9. The fraction of sp³-hybridized carbons (Fsp3) is 0.412. The third kappa shape index (κ3) is 3.59. The molecular formula is C17H19BrClN3O2. The SMILES string of the molecule is CC(C)(C)OC(=O)N1CCc2nn(-c3cccc(Br)c3Cl)cc2C1. The van der Waals surface area contributed by atoms with Crippen molar-refractivity contribution in [3.8, 4) is 5.69 Å². The quantitative estimate of drug-likeness (QED) is 0.689. The van der Waals surface area contributed by atoms with Crippen LogP contribution in [0.3, 0.4) is 0 Å². The second-order valence-corrected chi connectivity index (χ2v) is 8.00. The zero-order valence-corrected chi connectivity index (χ0v) is 16.2. The Bertz CT molecular complexity index is 783. The van der Waals surface area contributed by atoms with Gasteiger partial charge in [-0.25, -0.2) is 9.48 Å². The molecule has 0 spiro atoms. The molecule has 2 aromatic rings. The van der Waals surface area contributed by atoms with Gasteiger partial charge in [-0.05, 0) is 48.8 Å². The van der Waals surface area contributed by atoms with Gasteiger partial charge in [0.15, 0.2) is 0 Å². The van der Waals surface area contributed by atoms with Crippen LogP contribution in [-0.4, -0.2) is 32.9 Å². The number of fused-ring (bicyclic) bond motifs is 1. The van der Waals surface area contributed by atoms with E-state index in [2.05, 4.69) is 21.0 Å². The highest BCUT2D eigenvalue weighted by molar-refractivity contribution is 9.10. The molecule has 0 aliphatic carbocycles. The van der Waals surface area contributed by atoms with E-state index in [0.717, 1.165) is 21.4 Å². The fourth-order valence-corrected chi connectivity index (χ4v) is 3.16. The number of nitrogens with zero attached hydrogens (tertiary/aromatic N) is 3. The number of hydrogen-bond acceptors (Lipinski definition) is 3. The van der Waals surface area contributed by atoms with E-state index in [9.17, 15) is 4.79 Å². The molecule has 0 saturated carbocycles. The molecular weight excluding hydrogens is 394 g/mol. The molecule has 0 bridgehead atoms. The molecule has 2 heterocycles. The second-order valence-electron chi connectivity index (χ2n) is 6.77. The molecule has 0 radical (unpaired) electrons. The molecule has 0 unspecified atom stereocenters. The Morgan fingerprint density at radius 1 is 1.38 bits per heavy atom. The molecule has 5 nitrogen and oxygen atoms in total. The van der Waals surface area contributed by atoms with E-state index in [4.69, 9.17) is 16.3 Å². The van der Waals surface area contributed by atoms with Gasteiger partial charge >= 0.3 is 6.09 Å². The number of ether oxygens (including phenoxy) is 1. The Labute approximate surface area is 154 Å². The summed E-state index contributed by atoms with van der Waals surface area (Å²) >= 11 is 9.78. The van der Waals surface area contributed by atoms with E-state index in [1.165, 1.54) is 0 Å². The molecule has 7 heteroatoms. The van der Waals surface area contributed by atoms with Gasteiger partial charge in [0.05, 0.1) is 22.9 Å². The number of benzene rings is 1. The summed E-state index contributed by atoms with van der Waals surface area (Å²) in [5.41, 5.74) is 2.32. The van der Waals surface area contributed by atoms with E-state index in [-0.39, 0.29) is 6.09 Å². The maximum atomic E-state index is 12.2. The molecule has 1 aromatic heterocycles. The fourth-order valence-electron chi connectivity index (χ4n) is 2.59. The van der Waals surface area contributed by atoms with Crippen LogP contribution in [0.4, 0.5) is 4.79 Å². The molecule has 1 amide bonds. The summed E-state index contributed by atoms with van der Waals surface area (Å²) in [5.74, 6) is 0. The maximum absolute atomic E-state index is 12.2. The summed E-state index contributed by atoms with van der Waals surface area (Å²) in [6.07, 6.45) is 2.34. The lowest BCUT2D eigenvalue weighted by Gasteiger charge is -2.29. The summed E-state index contributed by atoms with van der Waals surface area (Å²) < 4.78 is 8.05. The summed E-state index contributed by atoms with van der Waals surface area (Å²) in [5, 5.41) is 5.24. The van der Waals surface area contributed by atoms with Gasteiger partial charge < -0.3 is 9.64 Å². The number of carbonyl (C=O) groups is 1. The van der Waals surface area contributed by atoms with Crippen molar-refractivity contribution in [2.24, 2.45) is 0 Å². The van der Waals surface area contributed by atoms with Gasteiger partial charge in [0.25, 0.3) is 0 Å². The van der Waals surface area contributed by atoms with Crippen molar-refractivity contribution in [3.05, 3.63) is 45.1 Å². The first kappa shape index (κ1) is 17.3. The Morgan fingerprint density at radius 3 is 2.83 bits per heavy atom. The van der Waals surface area contributed by atoms with Gasteiger partial charge in [0.1, 0.15) is 5.60 Å². The summed E-state index contributed by atoms with van der Waals surface area (Å²) in [6, 6.07) is 5.72. The monoisotopic (exact) mass is 411 g/mol. The smallest absolute Gasteiger partial charge is 0.410 e. The van der Waals surface area contributed by atoms with Crippen molar-refractivity contribution < 1.29 is 9.53 Å². The first-order chi connectivity index (χ1) is 11.2. The predicted octanol–water partition coefficient (Wildman–Crippen LogP) is 4.58. The molecule has 128 valence electrons. The first-order valence-electron chi connectivity index (χ1n) is 7.74. The van der Waals surface area contributed by atoms with E-state index < -0.39 is 5.60 Å². The summed E-state index contributed by atoms with van der Waals surface area (Å²) in [6.45, 7) is 6.70. The minimum absolute atomic E-state index is 0.290. The first-order valence-corrected chi connectivity index (χ1v) is 8.91. The van der Waals surface area contributed by atoms with E-state index in [0.29, 0.717) is 24.5 Å². The number of aromatic nitrogens is 2. The van der Waals surface area contributed by atoms with Gasteiger partial charge in [-0.15, -0.1) is 0 Å². The van der Waals surface area contributed by atoms with Crippen molar-refractivity contribution >= 4 is 33.6 Å². The van der Waals surface area contributed by atoms with Crippen LogP contribution in [0.1, 0.15) is 32.0 Å². The van der Waals surface area contributed by atoms with Gasteiger partial charge in [0.2, 0.25) is 0 Å². The molecule has 3 rings (SSSR count). The zero-order chi connectivity index (χ0) is 17.5. The summed E-state index contributed by atoms with van der Waals surface area (Å²) in [4.78, 5) is 14.0. The Hall–Kier alpha value is -1.53. The Balaban J connectivity index is 1.83. The van der Waals surface area contributed by atoms with Gasteiger partial charge in [0, 0.05) is 29.2 Å². The Kier molecular flexibility index (Phi) is 4.62. The standard InChI is InChI=1S/C17H19BrClN3O2/c1-17(2,3)24-16(23)21-8-7-13-11(9-21)10-22(20-13)14-6-4-5-12(18)15(14)19/h4-6,10H,7-9H2,1-3H3. The lowest BCUT2D eigenvalue weighted by molar-refractivity contribution is 0.0223. The van der Waals surface area contributed by atoms with Crippen molar-refractivity contribution in [2.75, 3.05) is 6.54 Å². The number of halogens is 2. The van der Waals surface area contributed by atoms with E-state index in [1.807, 2.05) is 45.2 Å². The van der Waals surface area contributed by atoms with Crippen molar-refractivity contribution in [3.63, 3.8) is 0 Å². The highest BCUT2D eigenvalue weighted by Gasteiger charge is 2.27. The number of rotatable bonds is 1. The van der Waals surface area contributed by atoms with Gasteiger partial charge in [-0.3, -0.25) is 0 Å². The second kappa shape index (κ2) is 6.41. The molecule has 1 aliphatic rings. The van der Waals surface area contributed by atoms with E-state index >= 15 is 0 Å². The topological polar surface area (TPSA) is 47.4 Å². The van der Waals surface area contributed by atoms with Gasteiger partial charge in [-0.1, -0.05) is 17.7 Å². The van der Waals surface area contributed by atoms with Crippen molar-refractivity contribution in [2.45, 2.75) is 39.3 Å². The maximum Gasteiger partial charge on any atom is 0.410 e. The van der Waals surface area contributed by atoms with Crippen LogP contribution in [0.5, 0.6) is 0 Å². The van der Waals surface area contributed by atoms with Crippen LogP contribution in [0.15, 0.2) is 28.9 Å². The van der Waals surface area contributed by atoms with Crippen LogP contribution in [0.2, 0.25) is 5.02 Å². The third-order valence-electron chi connectivity index (χ3n) is 3.69. The average molecular weight is 413 g/mol. The molecule has 0 fully saturated rings. The molecule has 24 heavy (non-hydrogen) atoms. The summed E-state index contributed by atoms with van der Waals surface area (Å²) in [7, 11) is 0. The third-order valence-corrected chi connectivity index (χ3v) is 4.97. The normalized spacial score (nSPS) is 14.5. The zero-order valence-electron chi connectivity index (χ0n) is 13.8. The van der Waals surface area contributed by atoms with Crippen LogP contribution in [0.25, 0.3) is 5.69 Å². The van der Waals surface area contributed by atoms with Gasteiger partial charge in [-0.2, -0.15) is 5.10 Å². The predicted molar refractivity (Wildman–Crippen MR) is 96.6 cm³/mol. The minimum Gasteiger partial charge on any atom is -0.444 e. The number of amides is 1. The van der Waals surface area contributed by atoms with Crippen molar-refractivity contribution in [1.82, 2.24) is 14.7 Å². The van der Waals surface area contributed by atoms with E-state index in [1.54, 1.807) is 9.58 Å². The van der Waals surface area contributed by atoms with Crippen LogP contribution in [0, 0.1) is 0 Å². The lowest BCUT2D eigenvalue weighted by Crippen LogP contribution is -2.39. The number of hydrogen-bond donors (Lipinski definition) is 0. The molecule has 0 saturated heterocycles. The van der Waals surface area contributed by atoms with Crippen LogP contribution in [-0.2, 0) is 17.7 Å². The average Bonchev–Trinajstić information content (AvgIpc) is 2.91. The molecule has 1 aliphatic heterocycles. The minimum atomic E-state index is -0.495. The van der Waals surface area contributed by atoms with Crippen LogP contribution >= 0.6 is 27.5 Å². The number of carbonyl (C=O) groups excluding carboxylic acids is 1. The largest absolute Gasteiger partial charge is 0.444 e. The lowest BCUT2D eigenvalue weighted by atomic mass is 10.1. The highest BCUT2D eigenvalue weighted by Crippen LogP contribution is 2.30. The molecule has 0 atom stereocenters. The molecule has 0 N–H and O–H groups in total. The van der Waals surface area contributed by atoms with Crippen LogP contribution < -0.4 is 0 Å². The molecule has 1 aromatic carbocycles.